The van der Waals surface area contributed by atoms with Crippen LogP contribution >= 0.6 is 0 Å². The highest BCUT2D eigenvalue weighted by atomic mass is 19.1. The van der Waals surface area contributed by atoms with Gasteiger partial charge in [-0.25, -0.2) is 9.18 Å². The Morgan fingerprint density at radius 3 is 2.48 bits per heavy atom. The van der Waals surface area contributed by atoms with Crippen LogP contribution in [-0.2, 0) is 9.53 Å². The number of hydrogen-bond acceptors (Lipinski definition) is 7. The summed E-state index contributed by atoms with van der Waals surface area (Å²) in [6.07, 6.45) is 0.758. The van der Waals surface area contributed by atoms with E-state index >= 15 is 0 Å². The van der Waals surface area contributed by atoms with Crippen molar-refractivity contribution in [3.63, 3.8) is 0 Å². The van der Waals surface area contributed by atoms with Crippen LogP contribution in [0.25, 0.3) is 11.5 Å². The highest BCUT2D eigenvalue weighted by Crippen LogP contribution is 2.29. The van der Waals surface area contributed by atoms with Gasteiger partial charge in [-0.3, -0.25) is 4.79 Å². The van der Waals surface area contributed by atoms with Gasteiger partial charge in [0, 0.05) is 44.6 Å². The fourth-order valence-corrected chi connectivity index (χ4v) is 4.13. The lowest BCUT2D eigenvalue weighted by molar-refractivity contribution is -0.136. The fraction of sp³-hybridized carbons (Fsp3) is 0.565. The van der Waals surface area contributed by atoms with E-state index in [2.05, 4.69) is 10.2 Å². The molecule has 0 radical (unpaired) electrons. The molecule has 0 aliphatic carbocycles. The molecule has 1 aromatic carbocycles. The van der Waals surface area contributed by atoms with Crippen LogP contribution in [0.5, 0.6) is 5.75 Å². The summed E-state index contributed by atoms with van der Waals surface area (Å²) >= 11 is 0. The van der Waals surface area contributed by atoms with Crippen molar-refractivity contribution in [2.24, 2.45) is 0 Å². The molecule has 3 heterocycles. The number of rotatable bonds is 4. The van der Waals surface area contributed by atoms with E-state index in [9.17, 15) is 14.0 Å². The predicted molar refractivity (Wildman–Crippen MR) is 116 cm³/mol. The molecule has 2 aliphatic heterocycles. The van der Waals surface area contributed by atoms with E-state index in [1.807, 2.05) is 20.8 Å². The van der Waals surface area contributed by atoms with Crippen molar-refractivity contribution in [2.75, 3.05) is 19.6 Å². The number of hydrogen-bond donors (Lipinski definition) is 0. The minimum Gasteiger partial charge on any atom is -0.477 e. The van der Waals surface area contributed by atoms with Crippen molar-refractivity contribution < 1.29 is 27.9 Å². The average molecular weight is 461 g/mol. The highest BCUT2D eigenvalue weighted by molar-refractivity contribution is 5.83. The maximum absolute atomic E-state index is 14.6. The number of aromatic nitrogens is 2. The molecule has 2 aliphatic rings. The summed E-state index contributed by atoms with van der Waals surface area (Å²) in [5.41, 5.74) is -0.0992. The van der Waals surface area contributed by atoms with Gasteiger partial charge in [-0.2, -0.15) is 0 Å². The lowest BCUT2D eigenvalue weighted by atomic mass is 10.0. The first-order valence-corrected chi connectivity index (χ1v) is 11.2. The first-order valence-electron chi connectivity index (χ1n) is 11.2. The summed E-state index contributed by atoms with van der Waals surface area (Å²) < 4.78 is 31.1. The Hall–Kier alpha value is -3.17. The number of ether oxygens (including phenoxy) is 2. The zero-order chi connectivity index (χ0) is 23.8. The summed E-state index contributed by atoms with van der Waals surface area (Å²) in [7, 11) is 0. The van der Waals surface area contributed by atoms with E-state index in [1.165, 1.54) is 12.1 Å². The standard InChI is InChI=1S/C23H29FN4O5/c1-14-25-26-20(31-14)15-5-6-18(17(24)13-15)32-19-9-12-28(21(19)29)16-7-10-27(11-8-16)22(30)33-23(2,3)4/h5-6,13,16,19H,7-12H2,1-4H3. The SMILES string of the molecule is Cc1nnc(-c2ccc(OC3CCN(C4CCN(C(=O)OC(C)(C)C)CC4)C3=O)c(F)c2)o1. The van der Waals surface area contributed by atoms with Crippen molar-refractivity contribution in [1.82, 2.24) is 20.0 Å². The summed E-state index contributed by atoms with van der Waals surface area (Å²) in [6, 6.07) is 4.37. The summed E-state index contributed by atoms with van der Waals surface area (Å²) in [4.78, 5) is 28.7. The Kier molecular flexibility index (Phi) is 6.27. The van der Waals surface area contributed by atoms with Gasteiger partial charge in [-0.05, 0) is 51.8 Å². The molecule has 1 aromatic heterocycles. The third kappa shape index (κ3) is 5.26. The smallest absolute Gasteiger partial charge is 0.410 e. The molecule has 0 N–H and O–H groups in total. The second-order valence-corrected chi connectivity index (χ2v) is 9.40. The van der Waals surface area contributed by atoms with Crippen molar-refractivity contribution in [3.05, 3.63) is 29.9 Å². The molecule has 178 valence electrons. The molecule has 1 atom stereocenters. The molecule has 1 unspecified atom stereocenters. The Morgan fingerprint density at radius 1 is 1.15 bits per heavy atom. The summed E-state index contributed by atoms with van der Waals surface area (Å²) in [6.45, 7) is 8.76. The number of piperidine rings is 1. The molecule has 0 bridgehead atoms. The van der Waals surface area contributed by atoms with Gasteiger partial charge < -0.3 is 23.7 Å². The maximum atomic E-state index is 14.6. The molecule has 9 nitrogen and oxygen atoms in total. The zero-order valence-electron chi connectivity index (χ0n) is 19.3. The van der Waals surface area contributed by atoms with E-state index in [0.29, 0.717) is 50.4 Å². The topological polar surface area (TPSA) is 98.0 Å². The Morgan fingerprint density at radius 2 is 1.88 bits per heavy atom. The number of benzene rings is 1. The number of carbonyl (C=O) groups is 2. The number of carbonyl (C=O) groups excluding carboxylic acids is 2. The normalized spacial score (nSPS) is 19.8. The number of likely N-dealkylation sites (tertiary alicyclic amines) is 2. The Balaban J connectivity index is 1.33. The second kappa shape index (κ2) is 8.99. The van der Waals surface area contributed by atoms with Crippen LogP contribution in [0, 0.1) is 12.7 Å². The third-order valence-electron chi connectivity index (χ3n) is 5.72. The van der Waals surface area contributed by atoms with Crippen LogP contribution in [0.2, 0.25) is 0 Å². The third-order valence-corrected chi connectivity index (χ3v) is 5.72. The Bertz CT molecular complexity index is 1030. The fourth-order valence-electron chi connectivity index (χ4n) is 4.13. The number of nitrogens with zero attached hydrogens (tertiary/aromatic N) is 4. The minimum atomic E-state index is -0.736. The molecule has 33 heavy (non-hydrogen) atoms. The lowest BCUT2D eigenvalue weighted by Gasteiger charge is -2.37. The van der Waals surface area contributed by atoms with Gasteiger partial charge in [0.15, 0.2) is 17.7 Å². The lowest BCUT2D eigenvalue weighted by Crippen LogP contribution is -2.49. The van der Waals surface area contributed by atoms with Crippen molar-refractivity contribution in [2.45, 2.75) is 64.7 Å². The molecule has 2 fully saturated rings. The van der Waals surface area contributed by atoms with Crippen molar-refractivity contribution >= 4 is 12.0 Å². The van der Waals surface area contributed by atoms with Crippen molar-refractivity contribution in [3.8, 4) is 17.2 Å². The zero-order valence-corrected chi connectivity index (χ0v) is 19.3. The first-order chi connectivity index (χ1) is 15.6. The van der Waals surface area contributed by atoms with Crippen LogP contribution in [-0.4, -0.2) is 69.4 Å². The number of halogens is 1. The van der Waals surface area contributed by atoms with Gasteiger partial charge in [0.1, 0.15) is 5.60 Å². The van der Waals surface area contributed by atoms with Crippen LogP contribution < -0.4 is 4.74 Å². The molecule has 2 amide bonds. The van der Waals surface area contributed by atoms with E-state index in [-0.39, 0.29) is 29.7 Å². The first kappa shape index (κ1) is 23.0. The van der Waals surface area contributed by atoms with Crippen molar-refractivity contribution in [1.29, 1.82) is 0 Å². The molecule has 2 saturated heterocycles. The minimum absolute atomic E-state index is 0.00920. The predicted octanol–water partition coefficient (Wildman–Crippen LogP) is 3.56. The molecule has 0 saturated carbocycles. The number of aryl methyl sites for hydroxylation is 1. The largest absolute Gasteiger partial charge is 0.477 e. The van der Waals surface area contributed by atoms with Gasteiger partial charge >= 0.3 is 6.09 Å². The van der Waals surface area contributed by atoms with Crippen LogP contribution in [0.1, 0.15) is 45.9 Å². The van der Waals surface area contributed by atoms with Gasteiger partial charge in [-0.1, -0.05) is 0 Å². The van der Waals surface area contributed by atoms with E-state index < -0.39 is 17.5 Å². The summed E-state index contributed by atoms with van der Waals surface area (Å²) in [5.74, 6) is -0.130. The van der Waals surface area contributed by atoms with Gasteiger partial charge in [0.25, 0.3) is 5.91 Å². The van der Waals surface area contributed by atoms with E-state index in [4.69, 9.17) is 13.9 Å². The molecule has 10 heteroatoms. The maximum Gasteiger partial charge on any atom is 0.410 e. The number of amides is 2. The molecule has 4 rings (SSSR count). The molecule has 2 aromatic rings. The summed E-state index contributed by atoms with van der Waals surface area (Å²) in [5, 5.41) is 7.62. The Labute approximate surface area is 191 Å². The van der Waals surface area contributed by atoms with Gasteiger partial charge in [0.2, 0.25) is 11.8 Å². The van der Waals surface area contributed by atoms with Crippen LogP contribution in [0.4, 0.5) is 9.18 Å². The second-order valence-electron chi connectivity index (χ2n) is 9.40. The highest BCUT2D eigenvalue weighted by Gasteiger charge is 2.39. The van der Waals surface area contributed by atoms with Gasteiger partial charge in [0.05, 0.1) is 0 Å². The van der Waals surface area contributed by atoms with E-state index in [0.717, 1.165) is 0 Å². The average Bonchev–Trinajstić information content (AvgIpc) is 3.34. The van der Waals surface area contributed by atoms with E-state index in [1.54, 1.807) is 22.8 Å². The molecular formula is C23H29FN4O5. The van der Waals surface area contributed by atoms with Gasteiger partial charge in [-0.15, -0.1) is 10.2 Å². The molecular weight excluding hydrogens is 431 g/mol. The molecule has 0 spiro atoms. The van der Waals surface area contributed by atoms with Crippen LogP contribution in [0.3, 0.4) is 0 Å². The quantitative estimate of drug-likeness (QED) is 0.688. The monoisotopic (exact) mass is 460 g/mol. The van der Waals surface area contributed by atoms with Crippen LogP contribution in [0.15, 0.2) is 22.6 Å².